The zero-order valence-electron chi connectivity index (χ0n) is 15.6. The van der Waals surface area contributed by atoms with Crippen LogP contribution in [0.5, 0.6) is 0 Å². The van der Waals surface area contributed by atoms with Crippen molar-refractivity contribution in [1.82, 2.24) is 9.88 Å². The molecular formula is C21H26N2O2S. The minimum atomic E-state index is -0.933. The fourth-order valence-corrected chi connectivity index (χ4v) is 4.18. The van der Waals surface area contributed by atoms with Crippen molar-refractivity contribution in [2.24, 2.45) is 0 Å². The number of thioether (sulfide) groups is 1. The number of amides is 1. The molecule has 3 rings (SSSR count). The van der Waals surface area contributed by atoms with E-state index in [0.717, 1.165) is 10.5 Å². The number of aliphatic hydroxyl groups is 1. The molecule has 1 aliphatic heterocycles. The highest BCUT2D eigenvalue weighted by molar-refractivity contribution is 8.00. The largest absolute Gasteiger partial charge is 0.383 e. The number of rotatable bonds is 4. The maximum atomic E-state index is 12.8. The van der Waals surface area contributed by atoms with Crippen molar-refractivity contribution in [2.45, 2.75) is 49.4 Å². The van der Waals surface area contributed by atoms with Gasteiger partial charge in [0.15, 0.2) is 0 Å². The number of aryl methyl sites for hydroxylation is 2. The van der Waals surface area contributed by atoms with E-state index in [-0.39, 0.29) is 11.2 Å². The first-order chi connectivity index (χ1) is 12.4. The molecule has 1 fully saturated rings. The summed E-state index contributed by atoms with van der Waals surface area (Å²) in [4.78, 5) is 20.1. The van der Waals surface area contributed by atoms with Gasteiger partial charge in [-0.05, 0) is 57.4 Å². The Kier molecular flexibility index (Phi) is 5.68. The van der Waals surface area contributed by atoms with E-state index in [0.29, 0.717) is 31.6 Å². The van der Waals surface area contributed by atoms with Gasteiger partial charge in [0.05, 0.1) is 10.9 Å². The monoisotopic (exact) mass is 370 g/mol. The Morgan fingerprint density at radius 2 is 1.73 bits per heavy atom. The molecule has 1 atom stereocenters. The SMILES string of the molecule is Cc1ccc(SC(C)C(=O)N2CCC(O)(c3ccc(C)cn3)CC2)cc1. The van der Waals surface area contributed by atoms with Crippen LogP contribution in [0.1, 0.15) is 36.6 Å². The number of aromatic nitrogens is 1. The maximum Gasteiger partial charge on any atom is 0.235 e. The molecule has 1 saturated heterocycles. The first-order valence-corrected chi connectivity index (χ1v) is 9.93. The number of pyridine rings is 1. The predicted molar refractivity (Wildman–Crippen MR) is 105 cm³/mol. The lowest BCUT2D eigenvalue weighted by molar-refractivity contribution is -0.135. The molecule has 0 saturated carbocycles. The van der Waals surface area contributed by atoms with E-state index in [9.17, 15) is 9.90 Å². The lowest BCUT2D eigenvalue weighted by Crippen LogP contribution is -2.47. The van der Waals surface area contributed by atoms with Crippen molar-refractivity contribution < 1.29 is 9.90 Å². The van der Waals surface area contributed by atoms with Crippen molar-refractivity contribution in [1.29, 1.82) is 0 Å². The number of carbonyl (C=O) groups excluding carboxylic acids is 1. The third kappa shape index (κ3) is 4.27. The van der Waals surface area contributed by atoms with Gasteiger partial charge < -0.3 is 10.0 Å². The molecular weight excluding hydrogens is 344 g/mol. The number of piperidine rings is 1. The number of nitrogens with zero attached hydrogens (tertiary/aromatic N) is 2. The molecule has 0 radical (unpaired) electrons. The standard InChI is InChI=1S/C21H26N2O2S/c1-15-4-7-18(8-5-15)26-17(3)20(24)23-12-10-21(25,11-13-23)19-9-6-16(2)14-22-19/h4-9,14,17,25H,10-13H2,1-3H3. The molecule has 0 bridgehead atoms. The summed E-state index contributed by atoms with van der Waals surface area (Å²) in [5.74, 6) is 0.134. The minimum Gasteiger partial charge on any atom is -0.383 e. The Morgan fingerprint density at radius 1 is 1.12 bits per heavy atom. The molecule has 2 heterocycles. The summed E-state index contributed by atoms with van der Waals surface area (Å²) in [6.07, 6.45) is 2.83. The van der Waals surface area contributed by atoms with Gasteiger partial charge in [0, 0.05) is 24.2 Å². The second kappa shape index (κ2) is 7.80. The Morgan fingerprint density at radius 3 is 2.31 bits per heavy atom. The summed E-state index contributed by atoms with van der Waals surface area (Å²) in [7, 11) is 0. The molecule has 1 aliphatic rings. The molecule has 0 spiro atoms. The molecule has 2 aromatic rings. The van der Waals surface area contributed by atoms with E-state index in [4.69, 9.17) is 0 Å². The normalized spacial score (nSPS) is 17.8. The molecule has 0 aliphatic carbocycles. The second-order valence-corrected chi connectivity index (χ2v) is 8.57. The van der Waals surface area contributed by atoms with Crippen LogP contribution in [0.25, 0.3) is 0 Å². The van der Waals surface area contributed by atoms with Gasteiger partial charge in [0.1, 0.15) is 5.60 Å². The van der Waals surface area contributed by atoms with Gasteiger partial charge in [-0.25, -0.2) is 0 Å². The molecule has 1 amide bonds. The van der Waals surface area contributed by atoms with Crippen molar-refractivity contribution >= 4 is 17.7 Å². The quantitative estimate of drug-likeness (QED) is 0.834. The second-order valence-electron chi connectivity index (χ2n) is 7.15. The van der Waals surface area contributed by atoms with Crippen LogP contribution in [0.2, 0.25) is 0 Å². The summed E-state index contributed by atoms with van der Waals surface area (Å²) in [6.45, 7) is 7.11. The number of likely N-dealkylation sites (tertiary alicyclic amines) is 1. The van der Waals surface area contributed by atoms with Crippen LogP contribution in [-0.2, 0) is 10.4 Å². The van der Waals surface area contributed by atoms with Crippen LogP contribution in [-0.4, -0.2) is 39.2 Å². The van der Waals surface area contributed by atoms with Crippen molar-refractivity contribution in [2.75, 3.05) is 13.1 Å². The molecule has 1 aromatic heterocycles. The molecule has 1 unspecified atom stereocenters. The number of hydrogen-bond donors (Lipinski definition) is 1. The van der Waals surface area contributed by atoms with Crippen LogP contribution >= 0.6 is 11.8 Å². The van der Waals surface area contributed by atoms with Crippen LogP contribution in [0, 0.1) is 13.8 Å². The Balaban J connectivity index is 1.59. The highest BCUT2D eigenvalue weighted by Gasteiger charge is 2.37. The van der Waals surface area contributed by atoms with Crippen LogP contribution in [0.3, 0.4) is 0 Å². The van der Waals surface area contributed by atoms with E-state index in [1.807, 2.05) is 30.9 Å². The van der Waals surface area contributed by atoms with Crippen molar-refractivity contribution in [3.05, 3.63) is 59.4 Å². The first kappa shape index (κ1) is 18.9. The smallest absolute Gasteiger partial charge is 0.235 e. The summed E-state index contributed by atoms with van der Waals surface area (Å²) in [6, 6.07) is 12.1. The lowest BCUT2D eigenvalue weighted by atomic mass is 9.87. The highest BCUT2D eigenvalue weighted by Crippen LogP contribution is 2.33. The fraction of sp³-hybridized carbons (Fsp3) is 0.429. The minimum absolute atomic E-state index is 0.134. The summed E-state index contributed by atoms with van der Waals surface area (Å²) in [5, 5.41) is 10.8. The maximum absolute atomic E-state index is 12.8. The van der Waals surface area contributed by atoms with E-state index >= 15 is 0 Å². The summed E-state index contributed by atoms with van der Waals surface area (Å²) in [5.41, 5.74) is 2.07. The highest BCUT2D eigenvalue weighted by atomic mass is 32.2. The third-order valence-electron chi connectivity index (χ3n) is 4.97. The van der Waals surface area contributed by atoms with Crippen molar-refractivity contribution in [3.63, 3.8) is 0 Å². The molecule has 1 aromatic carbocycles. The van der Waals surface area contributed by atoms with Crippen LogP contribution in [0.15, 0.2) is 47.5 Å². The van der Waals surface area contributed by atoms with Gasteiger partial charge in [-0.3, -0.25) is 9.78 Å². The Bertz CT molecular complexity index is 751. The first-order valence-electron chi connectivity index (χ1n) is 9.05. The van der Waals surface area contributed by atoms with E-state index in [2.05, 4.69) is 36.2 Å². The summed E-state index contributed by atoms with van der Waals surface area (Å²) < 4.78 is 0. The third-order valence-corrected chi connectivity index (χ3v) is 6.07. The van der Waals surface area contributed by atoms with Gasteiger partial charge in [-0.1, -0.05) is 23.8 Å². The number of hydrogen-bond acceptors (Lipinski definition) is 4. The average Bonchev–Trinajstić information content (AvgIpc) is 2.64. The molecule has 138 valence electrons. The van der Waals surface area contributed by atoms with E-state index in [1.165, 1.54) is 5.56 Å². The lowest BCUT2D eigenvalue weighted by Gasteiger charge is -2.38. The number of benzene rings is 1. The molecule has 5 heteroatoms. The zero-order valence-corrected chi connectivity index (χ0v) is 16.4. The Labute approximate surface area is 159 Å². The Hall–Kier alpha value is -1.85. The van der Waals surface area contributed by atoms with E-state index < -0.39 is 5.60 Å². The van der Waals surface area contributed by atoms with Crippen LogP contribution < -0.4 is 0 Å². The molecule has 4 nitrogen and oxygen atoms in total. The van der Waals surface area contributed by atoms with Gasteiger partial charge in [0.2, 0.25) is 5.91 Å². The van der Waals surface area contributed by atoms with Gasteiger partial charge >= 0.3 is 0 Å². The molecule has 26 heavy (non-hydrogen) atoms. The average molecular weight is 371 g/mol. The zero-order chi connectivity index (χ0) is 18.7. The van der Waals surface area contributed by atoms with Crippen LogP contribution in [0.4, 0.5) is 0 Å². The summed E-state index contributed by atoms with van der Waals surface area (Å²) >= 11 is 1.59. The molecule has 1 N–H and O–H groups in total. The topological polar surface area (TPSA) is 53.4 Å². The van der Waals surface area contributed by atoms with Gasteiger partial charge in [-0.15, -0.1) is 11.8 Å². The fourth-order valence-electron chi connectivity index (χ4n) is 3.22. The van der Waals surface area contributed by atoms with Gasteiger partial charge in [0.25, 0.3) is 0 Å². The van der Waals surface area contributed by atoms with Crippen molar-refractivity contribution in [3.8, 4) is 0 Å². The number of carbonyl (C=O) groups is 1. The predicted octanol–water partition coefficient (Wildman–Crippen LogP) is 3.69. The van der Waals surface area contributed by atoms with Gasteiger partial charge in [-0.2, -0.15) is 0 Å². The van der Waals surface area contributed by atoms with E-state index in [1.54, 1.807) is 18.0 Å².